The van der Waals surface area contributed by atoms with E-state index in [4.69, 9.17) is 0 Å². The molecule has 5 nitrogen and oxygen atoms in total. The fraction of sp³-hybridized carbons (Fsp3) is 0.458. The van der Waals surface area contributed by atoms with Gasteiger partial charge in [0, 0.05) is 29.4 Å². The Labute approximate surface area is 182 Å². The van der Waals surface area contributed by atoms with Gasteiger partial charge in [-0.15, -0.1) is 11.3 Å². The molecule has 2 N–H and O–H groups in total. The first-order valence-electron chi connectivity index (χ1n) is 11.0. The molecule has 30 heavy (non-hydrogen) atoms. The van der Waals surface area contributed by atoms with Gasteiger partial charge in [0.05, 0.1) is 5.39 Å². The summed E-state index contributed by atoms with van der Waals surface area (Å²) in [6.07, 6.45) is 9.31. The second-order valence-corrected chi connectivity index (χ2v) is 9.44. The maximum absolute atomic E-state index is 12.4. The Morgan fingerprint density at radius 1 is 1.07 bits per heavy atom. The van der Waals surface area contributed by atoms with Crippen molar-refractivity contribution in [2.45, 2.75) is 64.8 Å². The van der Waals surface area contributed by atoms with Crippen LogP contribution in [-0.4, -0.2) is 28.5 Å². The van der Waals surface area contributed by atoms with Gasteiger partial charge in [0.25, 0.3) is 0 Å². The van der Waals surface area contributed by atoms with Crippen molar-refractivity contribution in [1.29, 1.82) is 0 Å². The third-order valence-electron chi connectivity index (χ3n) is 5.87. The molecule has 1 aliphatic rings. The molecule has 0 aliphatic heterocycles. The van der Waals surface area contributed by atoms with Crippen LogP contribution in [0.5, 0.6) is 0 Å². The lowest BCUT2D eigenvalue weighted by molar-refractivity contribution is -0.121. The molecule has 4 rings (SSSR count). The number of carbonyl (C=O) groups excluding carboxylic acids is 1. The summed E-state index contributed by atoms with van der Waals surface area (Å²) in [4.78, 5) is 23.6. The first-order chi connectivity index (χ1) is 14.6. The van der Waals surface area contributed by atoms with E-state index in [-0.39, 0.29) is 5.91 Å². The number of nitrogens with zero attached hydrogens (tertiary/aromatic N) is 2. The van der Waals surface area contributed by atoms with Crippen molar-refractivity contribution in [3.05, 3.63) is 41.0 Å². The summed E-state index contributed by atoms with van der Waals surface area (Å²) in [5.41, 5.74) is 3.60. The normalized spacial score (nSPS) is 15.1. The van der Waals surface area contributed by atoms with Crippen LogP contribution in [0.1, 0.15) is 55.4 Å². The average Bonchev–Trinajstić information content (AvgIpc) is 2.88. The Kier molecular flexibility index (Phi) is 6.62. The summed E-state index contributed by atoms with van der Waals surface area (Å²) in [6.45, 7) is 4.79. The Balaban J connectivity index is 1.46. The standard InChI is InChI=1S/C24H30N4OS/c1-16-9-11-18(12-10-16)21-17(2)30-24-22(21)23(26-15-27-24)25-14-13-20(29)28-19-7-5-3-4-6-8-19/h9-12,15,19H,3-8,13-14H2,1-2H3,(H,28,29)(H,25,26,27). The number of carbonyl (C=O) groups is 1. The van der Waals surface area contributed by atoms with E-state index in [0.29, 0.717) is 19.0 Å². The molecular formula is C24H30N4OS. The first-order valence-corrected chi connectivity index (χ1v) is 11.8. The highest BCUT2D eigenvalue weighted by Gasteiger charge is 2.18. The van der Waals surface area contributed by atoms with Gasteiger partial charge in [-0.05, 0) is 32.3 Å². The predicted molar refractivity (Wildman–Crippen MR) is 125 cm³/mol. The van der Waals surface area contributed by atoms with Crippen molar-refractivity contribution >= 4 is 33.3 Å². The zero-order valence-electron chi connectivity index (χ0n) is 17.8. The van der Waals surface area contributed by atoms with Gasteiger partial charge in [0.15, 0.2) is 0 Å². The van der Waals surface area contributed by atoms with E-state index in [9.17, 15) is 4.79 Å². The zero-order chi connectivity index (χ0) is 20.9. The minimum absolute atomic E-state index is 0.125. The van der Waals surface area contributed by atoms with Crippen LogP contribution in [0.3, 0.4) is 0 Å². The number of thiophene rings is 1. The lowest BCUT2D eigenvalue weighted by Gasteiger charge is -2.16. The van der Waals surface area contributed by atoms with E-state index in [0.717, 1.165) is 28.9 Å². The summed E-state index contributed by atoms with van der Waals surface area (Å²) < 4.78 is 0. The zero-order valence-corrected chi connectivity index (χ0v) is 18.6. The molecule has 1 saturated carbocycles. The predicted octanol–water partition coefficient (Wildman–Crippen LogP) is 5.62. The molecule has 0 saturated heterocycles. The fourth-order valence-corrected chi connectivity index (χ4v) is 5.28. The lowest BCUT2D eigenvalue weighted by atomic mass is 10.0. The molecular weight excluding hydrogens is 392 g/mol. The molecule has 3 aromatic rings. The summed E-state index contributed by atoms with van der Waals surface area (Å²) in [5.74, 6) is 0.933. The summed E-state index contributed by atoms with van der Waals surface area (Å²) >= 11 is 1.69. The van der Waals surface area contributed by atoms with E-state index < -0.39 is 0 Å². The molecule has 2 heterocycles. The number of amides is 1. The van der Waals surface area contributed by atoms with E-state index in [1.54, 1.807) is 17.7 Å². The number of rotatable bonds is 6. The molecule has 0 radical (unpaired) electrons. The second-order valence-electron chi connectivity index (χ2n) is 8.23. The van der Waals surface area contributed by atoms with E-state index in [2.05, 4.69) is 58.7 Å². The van der Waals surface area contributed by atoms with Gasteiger partial charge in [-0.3, -0.25) is 4.79 Å². The van der Waals surface area contributed by atoms with Crippen molar-refractivity contribution in [3.8, 4) is 11.1 Å². The van der Waals surface area contributed by atoms with Gasteiger partial charge < -0.3 is 10.6 Å². The number of nitrogens with one attached hydrogen (secondary N) is 2. The van der Waals surface area contributed by atoms with Gasteiger partial charge in [-0.25, -0.2) is 9.97 Å². The highest BCUT2D eigenvalue weighted by molar-refractivity contribution is 7.19. The molecule has 0 unspecified atom stereocenters. The van der Waals surface area contributed by atoms with Gasteiger partial charge in [-0.1, -0.05) is 55.5 Å². The van der Waals surface area contributed by atoms with Gasteiger partial charge >= 0.3 is 0 Å². The van der Waals surface area contributed by atoms with Crippen molar-refractivity contribution in [3.63, 3.8) is 0 Å². The van der Waals surface area contributed by atoms with Crippen LogP contribution in [0.25, 0.3) is 21.3 Å². The number of benzene rings is 1. The van der Waals surface area contributed by atoms with Crippen LogP contribution in [0, 0.1) is 13.8 Å². The quantitative estimate of drug-likeness (QED) is 0.506. The average molecular weight is 423 g/mol. The molecule has 1 fully saturated rings. The third kappa shape index (κ3) is 4.81. The van der Waals surface area contributed by atoms with Crippen molar-refractivity contribution in [2.75, 3.05) is 11.9 Å². The molecule has 1 aliphatic carbocycles. The molecule has 0 atom stereocenters. The monoisotopic (exact) mass is 422 g/mol. The summed E-state index contributed by atoms with van der Waals surface area (Å²) in [7, 11) is 0. The fourth-order valence-electron chi connectivity index (χ4n) is 4.26. The molecule has 6 heteroatoms. The van der Waals surface area contributed by atoms with Crippen molar-refractivity contribution < 1.29 is 4.79 Å². The highest BCUT2D eigenvalue weighted by Crippen LogP contribution is 2.40. The van der Waals surface area contributed by atoms with Gasteiger partial charge in [0.2, 0.25) is 5.91 Å². The smallest absolute Gasteiger partial charge is 0.221 e. The number of hydrogen-bond acceptors (Lipinski definition) is 5. The number of anilines is 1. The third-order valence-corrected chi connectivity index (χ3v) is 6.88. The van der Waals surface area contributed by atoms with E-state index in [1.807, 2.05) is 0 Å². The minimum atomic E-state index is 0.125. The Morgan fingerprint density at radius 3 is 2.53 bits per heavy atom. The van der Waals surface area contributed by atoms with Crippen molar-refractivity contribution in [1.82, 2.24) is 15.3 Å². The highest BCUT2D eigenvalue weighted by atomic mass is 32.1. The van der Waals surface area contributed by atoms with Crippen molar-refractivity contribution in [2.24, 2.45) is 0 Å². The van der Waals surface area contributed by atoms with E-state index >= 15 is 0 Å². The van der Waals surface area contributed by atoms with Gasteiger partial charge in [-0.2, -0.15) is 0 Å². The van der Waals surface area contributed by atoms with Crippen LogP contribution in [-0.2, 0) is 4.79 Å². The van der Waals surface area contributed by atoms with Gasteiger partial charge in [0.1, 0.15) is 17.0 Å². The second kappa shape index (κ2) is 9.56. The number of hydrogen-bond donors (Lipinski definition) is 2. The molecule has 1 aromatic carbocycles. The molecule has 0 bridgehead atoms. The van der Waals surface area contributed by atoms with Crippen LogP contribution in [0.2, 0.25) is 0 Å². The van der Waals surface area contributed by atoms with E-state index in [1.165, 1.54) is 47.3 Å². The largest absolute Gasteiger partial charge is 0.369 e. The number of fused-ring (bicyclic) bond motifs is 1. The summed E-state index contributed by atoms with van der Waals surface area (Å²) in [6, 6.07) is 8.92. The molecule has 2 aromatic heterocycles. The first kappa shape index (κ1) is 20.8. The number of aromatic nitrogens is 2. The molecule has 0 spiro atoms. The SMILES string of the molecule is Cc1ccc(-c2c(C)sc3ncnc(NCCC(=O)NC4CCCCCC4)c23)cc1. The van der Waals surface area contributed by atoms with Crippen LogP contribution < -0.4 is 10.6 Å². The molecule has 158 valence electrons. The van der Waals surface area contributed by atoms with Crippen LogP contribution in [0.4, 0.5) is 5.82 Å². The van der Waals surface area contributed by atoms with Crippen LogP contribution in [0.15, 0.2) is 30.6 Å². The topological polar surface area (TPSA) is 66.9 Å². The van der Waals surface area contributed by atoms with Crippen LogP contribution >= 0.6 is 11.3 Å². The maximum Gasteiger partial charge on any atom is 0.221 e. The minimum Gasteiger partial charge on any atom is -0.369 e. The Morgan fingerprint density at radius 2 is 1.80 bits per heavy atom. The summed E-state index contributed by atoms with van der Waals surface area (Å²) in [5, 5.41) is 7.67. The number of aryl methyl sites for hydroxylation is 2. The Bertz CT molecular complexity index is 1000. The molecule has 1 amide bonds. The lowest BCUT2D eigenvalue weighted by Crippen LogP contribution is -2.35. The maximum atomic E-state index is 12.4. The Hall–Kier alpha value is -2.47.